The van der Waals surface area contributed by atoms with Gasteiger partial charge in [0.05, 0.1) is 11.6 Å². The maximum Gasteiger partial charge on any atom is 0.255 e. The molecule has 0 aromatic carbocycles. The van der Waals surface area contributed by atoms with Crippen molar-refractivity contribution in [2.75, 3.05) is 0 Å². The van der Waals surface area contributed by atoms with E-state index in [1.54, 1.807) is 0 Å². The highest BCUT2D eigenvalue weighted by molar-refractivity contribution is 6.34. The second-order valence-corrected chi connectivity index (χ2v) is 5.33. The predicted molar refractivity (Wildman–Crippen MR) is 70.9 cm³/mol. The van der Waals surface area contributed by atoms with Gasteiger partial charge in [-0.15, -0.1) is 10.2 Å². The molecule has 5 nitrogen and oxygen atoms in total. The van der Waals surface area contributed by atoms with Crippen LogP contribution in [0.1, 0.15) is 42.5 Å². The Morgan fingerprint density at radius 2 is 2.00 bits per heavy atom. The van der Waals surface area contributed by atoms with Gasteiger partial charge in [0.1, 0.15) is 5.54 Å². The first-order valence-corrected chi connectivity index (χ1v) is 6.74. The molecule has 1 fully saturated rings. The molecule has 19 heavy (non-hydrogen) atoms. The summed E-state index contributed by atoms with van der Waals surface area (Å²) in [5.74, 6) is -0.440. The van der Waals surface area contributed by atoms with E-state index in [4.69, 9.17) is 23.2 Å². The molecule has 100 valence electrons. The number of nitrogens with zero attached hydrogens (tertiary/aromatic N) is 3. The Kier molecular flexibility index (Phi) is 4.23. The van der Waals surface area contributed by atoms with Gasteiger partial charge in [0.25, 0.3) is 5.91 Å². The van der Waals surface area contributed by atoms with Crippen LogP contribution in [0.25, 0.3) is 0 Å². The van der Waals surface area contributed by atoms with Crippen molar-refractivity contribution >= 4 is 29.1 Å². The summed E-state index contributed by atoms with van der Waals surface area (Å²) in [6.07, 6.45) is 4.24. The molecule has 1 aromatic heterocycles. The van der Waals surface area contributed by atoms with Gasteiger partial charge in [-0.2, -0.15) is 5.26 Å². The van der Waals surface area contributed by atoms with Crippen molar-refractivity contribution in [2.45, 2.75) is 37.6 Å². The molecule has 1 amide bonds. The molecule has 1 aliphatic rings. The Morgan fingerprint density at radius 1 is 1.32 bits per heavy atom. The minimum absolute atomic E-state index is 0.0224. The number of nitriles is 1. The van der Waals surface area contributed by atoms with Crippen LogP contribution >= 0.6 is 23.2 Å². The Bertz CT molecular complexity index is 535. The van der Waals surface area contributed by atoms with E-state index < -0.39 is 11.4 Å². The number of rotatable bonds is 2. The van der Waals surface area contributed by atoms with E-state index >= 15 is 0 Å². The summed E-state index contributed by atoms with van der Waals surface area (Å²) in [6.45, 7) is 0. The quantitative estimate of drug-likeness (QED) is 0.910. The number of amides is 1. The van der Waals surface area contributed by atoms with Crippen molar-refractivity contribution in [1.29, 1.82) is 5.26 Å². The molecule has 1 heterocycles. The molecule has 7 heteroatoms. The maximum absolute atomic E-state index is 12.2. The van der Waals surface area contributed by atoms with Gasteiger partial charge in [0, 0.05) is 0 Å². The first-order valence-electron chi connectivity index (χ1n) is 5.99. The van der Waals surface area contributed by atoms with Gasteiger partial charge in [-0.1, -0.05) is 42.5 Å². The summed E-state index contributed by atoms with van der Waals surface area (Å²) in [5.41, 5.74) is -0.670. The summed E-state index contributed by atoms with van der Waals surface area (Å²) in [7, 11) is 0. The molecule has 1 N–H and O–H groups in total. The van der Waals surface area contributed by atoms with E-state index in [1.165, 1.54) is 6.07 Å². The van der Waals surface area contributed by atoms with Gasteiger partial charge in [-0.25, -0.2) is 0 Å². The van der Waals surface area contributed by atoms with Crippen LogP contribution < -0.4 is 5.32 Å². The summed E-state index contributed by atoms with van der Waals surface area (Å²) < 4.78 is 0. The van der Waals surface area contributed by atoms with E-state index in [1.807, 2.05) is 0 Å². The fourth-order valence-corrected chi connectivity index (χ4v) is 2.54. The van der Waals surface area contributed by atoms with Crippen LogP contribution in [0, 0.1) is 11.3 Å². The third kappa shape index (κ3) is 3.14. The standard InChI is InChI=1S/C12H12Cl2N4O/c13-9-6-8(10(14)18-17-9)11(19)16-12(7-15)4-2-1-3-5-12/h6H,1-5H2,(H,16,19). The third-order valence-corrected chi connectivity index (χ3v) is 3.70. The van der Waals surface area contributed by atoms with Gasteiger partial charge >= 0.3 is 0 Å². The first kappa shape index (κ1) is 14.0. The molecule has 0 bridgehead atoms. The normalized spacial score (nSPS) is 17.5. The molecule has 1 saturated carbocycles. The van der Waals surface area contributed by atoms with Crippen LogP contribution in [0.15, 0.2) is 6.07 Å². The molecule has 1 aliphatic carbocycles. The van der Waals surface area contributed by atoms with Crippen molar-refractivity contribution in [3.05, 3.63) is 21.9 Å². The molecule has 0 aliphatic heterocycles. The zero-order valence-electron chi connectivity index (χ0n) is 10.1. The van der Waals surface area contributed by atoms with Gasteiger partial charge in [0.2, 0.25) is 0 Å². The summed E-state index contributed by atoms with van der Waals surface area (Å²) in [4.78, 5) is 12.2. The predicted octanol–water partition coefficient (Wildman–Crippen LogP) is 2.74. The van der Waals surface area contributed by atoms with Crippen LogP contribution in [-0.4, -0.2) is 21.6 Å². The Labute approximate surface area is 120 Å². The second-order valence-electron chi connectivity index (χ2n) is 4.58. The van der Waals surface area contributed by atoms with E-state index in [2.05, 4.69) is 21.6 Å². The maximum atomic E-state index is 12.2. The number of halogens is 2. The van der Waals surface area contributed by atoms with Crippen LogP contribution in [0.3, 0.4) is 0 Å². The van der Waals surface area contributed by atoms with E-state index in [9.17, 15) is 10.1 Å². The molecule has 1 aromatic rings. The molecule has 0 radical (unpaired) electrons. The largest absolute Gasteiger partial charge is 0.334 e. The van der Waals surface area contributed by atoms with Crippen molar-refractivity contribution in [1.82, 2.24) is 15.5 Å². The Hall–Kier alpha value is -1.38. The highest BCUT2D eigenvalue weighted by Crippen LogP contribution is 2.28. The summed E-state index contributed by atoms with van der Waals surface area (Å²) in [5, 5.41) is 19.3. The lowest BCUT2D eigenvalue weighted by atomic mass is 9.82. The molecule has 0 saturated heterocycles. The minimum Gasteiger partial charge on any atom is -0.334 e. The van der Waals surface area contributed by atoms with Gasteiger partial charge in [0.15, 0.2) is 10.3 Å². The number of carbonyl (C=O) groups excluding carboxylic acids is 1. The molecule has 2 rings (SSSR count). The highest BCUT2D eigenvalue weighted by atomic mass is 35.5. The monoisotopic (exact) mass is 298 g/mol. The Morgan fingerprint density at radius 3 is 2.63 bits per heavy atom. The van der Waals surface area contributed by atoms with E-state index in [-0.39, 0.29) is 15.9 Å². The smallest absolute Gasteiger partial charge is 0.255 e. The van der Waals surface area contributed by atoms with E-state index in [0.717, 1.165) is 19.3 Å². The molecular formula is C12H12Cl2N4O. The summed E-state index contributed by atoms with van der Waals surface area (Å²) in [6, 6.07) is 3.56. The number of aromatic nitrogens is 2. The lowest BCUT2D eigenvalue weighted by Gasteiger charge is -2.31. The molecule has 0 spiro atoms. The SMILES string of the molecule is N#CC1(NC(=O)c2cc(Cl)nnc2Cl)CCCCC1. The number of nitrogens with one attached hydrogen (secondary N) is 1. The van der Waals surface area contributed by atoms with Crippen LogP contribution in [-0.2, 0) is 0 Å². The van der Waals surface area contributed by atoms with Crippen molar-refractivity contribution < 1.29 is 4.79 Å². The lowest BCUT2D eigenvalue weighted by Crippen LogP contribution is -2.48. The topological polar surface area (TPSA) is 78.7 Å². The lowest BCUT2D eigenvalue weighted by molar-refractivity contribution is 0.0902. The van der Waals surface area contributed by atoms with Gasteiger partial charge in [-0.05, 0) is 18.9 Å². The number of hydrogen-bond acceptors (Lipinski definition) is 4. The molecule has 0 unspecified atom stereocenters. The average molecular weight is 299 g/mol. The van der Waals surface area contributed by atoms with Crippen LogP contribution in [0.5, 0.6) is 0 Å². The van der Waals surface area contributed by atoms with Crippen LogP contribution in [0.2, 0.25) is 10.3 Å². The fourth-order valence-electron chi connectivity index (χ4n) is 2.22. The third-order valence-electron chi connectivity index (χ3n) is 3.24. The molecular weight excluding hydrogens is 287 g/mol. The highest BCUT2D eigenvalue weighted by Gasteiger charge is 2.34. The number of carbonyl (C=O) groups is 1. The summed E-state index contributed by atoms with van der Waals surface area (Å²) >= 11 is 11.5. The van der Waals surface area contributed by atoms with E-state index in [0.29, 0.717) is 12.8 Å². The van der Waals surface area contributed by atoms with Gasteiger partial charge in [-0.3, -0.25) is 4.79 Å². The van der Waals surface area contributed by atoms with Gasteiger partial charge < -0.3 is 5.32 Å². The fraction of sp³-hybridized carbons (Fsp3) is 0.500. The first-order chi connectivity index (χ1) is 9.06. The zero-order valence-corrected chi connectivity index (χ0v) is 11.6. The van der Waals surface area contributed by atoms with Crippen LogP contribution in [0.4, 0.5) is 0 Å². The molecule has 0 atom stereocenters. The average Bonchev–Trinajstić information content (AvgIpc) is 2.42. The zero-order chi connectivity index (χ0) is 13.9. The van der Waals surface area contributed by atoms with Crippen molar-refractivity contribution in [3.8, 4) is 6.07 Å². The number of hydrogen-bond donors (Lipinski definition) is 1. The van der Waals surface area contributed by atoms with Crippen molar-refractivity contribution in [2.24, 2.45) is 0 Å². The Balaban J connectivity index is 2.20. The van der Waals surface area contributed by atoms with Crippen molar-refractivity contribution in [3.63, 3.8) is 0 Å². The second kappa shape index (κ2) is 5.72. The minimum atomic E-state index is -0.811.